The summed E-state index contributed by atoms with van der Waals surface area (Å²) in [5.74, 6) is -0.150. The van der Waals surface area contributed by atoms with Gasteiger partial charge in [0.25, 0.3) is 5.91 Å². The molecule has 0 aromatic heterocycles. The summed E-state index contributed by atoms with van der Waals surface area (Å²) in [6.45, 7) is 2.67. The summed E-state index contributed by atoms with van der Waals surface area (Å²) >= 11 is 0. The Morgan fingerprint density at radius 3 is 2.43 bits per heavy atom. The Morgan fingerprint density at radius 1 is 1.00 bits per heavy atom. The summed E-state index contributed by atoms with van der Waals surface area (Å²) in [6.07, 6.45) is 4.28. The Labute approximate surface area is 168 Å². The fourth-order valence-electron chi connectivity index (χ4n) is 3.00. The first-order valence-electron chi connectivity index (χ1n) is 9.94. The van der Waals surface area contributed by atoms with E-state index in [2.05, 4.69) is 17.6 Å². The second-order valence-electron chi connectivity index (χ2n) is 7.12. The highest BCUT2D eigenvalue weighted by Gasteiger charge is 2.14. The molecule has 0 unspecified atom stereocenters. The molecule has 150 valence electrons. The monoisotopic (exact) mass is 381 g/mol. The third-order valence-corrected chi connectivity index (χ3v) is 4.56. The predicted octanol–water partition coefficient (Wildman–Crippen LogP) is 4.24. The van der Waals surface area contributed by atoms with E-state index in [4.69, 9.17) is 0 Å². The molecule has 2 rings (SSSR count). The summed E-state index contributed by atoms with van der Waals surface area (Å²) in [5, 5.41) is 5.89. The minimum absolute atomic E-state index is 0.0125. The lowest BCUT2D eigenvalue weighted by molar-refractivity contribution is -0.116. The van der Waals surface area contributed by atoms with Gasteiger partial charge in [0, 0.05) is 38.4 Å². The van der Waals surface area contributed by atoms with Gasteiger partial charge in [-0.3, -0.25) is 9.59 Å². The number of amides is 2. The van der Waals surface area contributed by atoms with E-state index in [9.17, 15) is 9.59 Å². The molecule has 0 aliphatic rings. The van der Waals surface area contributed by atoms with E-state index in [1.54, 1.807) is 6.07 Å². The van der Waals surface area contributed by atoms with Crippen molar-refractivity contribution in [1.82, 2.24) is 5.32 Å². The molecule has 0 saturated heterocycles. The maximum atomic E-state index is 12.8. The smallest absolute Gasteiger partial charge is 0.253 e. The average molecular weight is 382 g/mol. The summed E-state index contributed by atoms with van der Waals surface area (Å²) in [4.78, 5) is 26.8. The standard InChI is InChI=1S/C23H31N3O2/c1-4-5-7-12-22(27)25-19-13-14-21(26(2)3)20(17-19)23(28)24-16-15-18-10-8-6-9-11-18/h6,8-11,13-14,17H,4-5,7,12,15-16H2,1-3H3,(H,24,28)(H,25,27). The molecule has 0 aliphatic carbocycles. The molecule has 2 aromatic rings. The molecule has 2 N–H and O–H groups in total. The van der Waals surface area contributed by atoms with E-state index in [1.165, 1.54) is 5.56 Å². The summed E-state index contributed by atoms with van der Waals surface area (Å²) in [6, 6.07) is 15.5. The topological polar surface area (TPSA) is 61.4 Å². The molecule has 0 heterocycles. The Hall–Kier alpha value is -2.82. The minimum Gasteiger partial charge on any atom is -0.377 e. The Morgan fingerprint density at radius 2 is 1.75 bits per heavy atom. The lowest BCUT2D eigenvalue weighted by Crippen LogP contribution is -2.28. The molecule has 28 heavy (non-hydrogen) atoms. The number of benzene rings is 2. The maximum absolute atomic E-state index is 12.8. The number of nitrogens with one attached hydrogen (secondary N) is 2. The number of hydrogen-bond donors (Lipinski definition) is 2. The van der Waals surface area contributed by atoms with Crippen molar-refractivity contribution in [2.45, 2.75) is 39.0 Å². The number of anilines is 2. The van der Waals surface area contributed by atoms with Crippen LogP contribution in [0.15, 0.2) is 48.5 Å². The van der Waals surface area contributed by atoms with Gasteiger partial charge in [-0.15, -0.1) is 0 Å². The average Bonchev–Trinajstić information content (AvgIpc) is 2.68. The predicted molar refractivity (Wildman–Crippen MR) is 116 cm³/mol. The molecular weight excluding hydrogens is 350 g/mol. The second kappa shape index (κ2) is 11.1. The van der Waals surface area contributed by atoms with Crippen molar-refractivity contribution in [1.29, 1.82) is 0 Å². The third kappa shape index (κ3) is 6.72. The molecule has 0 aliphatic heterocycles. The van der Waals surface area contributed by atoms with E-state index in [0.717, 1.165) is 31.4 Å². The van der Waals surface area contributed by atoms with Crippen LogP contribution in [0.4, 0.5) is 11.4 Å². The van der Waals surface area contributed by atoms with E-state index in [0.29, 0.717) is 24.2 Å². The number of unbranched alkanes of at least 4 members (excludes halogenated alkanes) is 2. The van der Waals surface area contributed by atoms with Crippen LogP contribution in [-0.4, -0.2) is 32.5 Å². The Bertz CT molecular complexity index is 773. The van der Waals surface area contributed by atoms with Crippen LogP contribution in [-0.2, 0) is 11.2 Å². The molecule has 0 spiro atoms. The van der Waals surface area contributed by atoms with Crippen molar-refractivity contribution >= 4 is 23.2 Å². The van der Waals surface area contributed by atoms with Crippen LogP contribution in [0.5, 0.6) is 0 Å². The lowest BCUT2D eigenvalue weighted by atomic mass is 10.1. The van der Waals surface area contributed by atoms with Gasteiger partial charge < -0.3 is 15.5 Å². The number of rotatable bonds is 10. The van der Waals surface area contributed by atoms with E-state index in [1.807, 2.05) is 61.5 Å². The highest BCUT2D eigenvalue weighted by molar-refractivity contribution is 6.02. The van der Waals surface area contributed by atoms with Crippen LogP contribution in [0.1, 0.15) is 48.5 Å². The second-order valence-corrected chi connectivity index (χ2v) is 7.12. The van der Waals surface area contributed by atoms with Crippen LogP contribution in [0.25, 0.3) is 0 Å². The van der Waals surface area contributed by atoms with E-state index >= 15 is 0 Å². The van der Waals surface area contributed by atoms with Crippen LogP contribution >= 0.6 is 0 Å². The molecule has 0 fully saturated rings. The number of carbonyl (C=O) groups is 2. The fourth-order valence-corrected chi connectivity index (χ4v) is 3.00. The minimum atomic E-state index is -0.137. The molecule has 5 heteroatoms. The van der Waals surface area contributed by atoms with Crippen LogP contribution in [0, 0.1) is 0 Å². The van der Waals surface area contributed by atoms with Gasteiger partial charge in [0.05, 0.1) is 5.56 Å². The first-order chi connectivity index (χ1) is 13.5. The van der Waals surface area contributed by atoms with Gasteiger partial charge in [-0.2, -0.15) is 0 Å². The van der Waals surface area contributed by atoms with E-state index < -0.39 is 0 Å². The summed E-state index contributed by atoms with van der Waals surface area (Å²) in [5.41, 5.74) is 3.22. The third-order valence-electron chi connectivity index (χ3n) is 4.56. The molecule has 0 radical (unpaired) electrons. The molecule has 5 nitrogen and oxygen atoms in total. The van der Waals surface area contributed by atoms with Crippen molar-refractivity contribution in [3.05, 3.63) is 59.7 Å². The van der Waals surface area contributed by atoms with Gasteiger partial charge in [0.2, 0.25) is 5.91 Å². The van der Waals surface area contributed by atoms with Crippen molar-refractivity contribution < 1.29 is 9.59 Å². The molecule has 2 amide bonds. The van der Waals surface area contributed by atoms with Gasteiger partial charge in [-0.05, 0) is 36.6 Å². The van der Waals surface area contributed by atoms with Gasteiger partial charge >= 0.3 is 0 Å². The van der Waals surface area contributed by atoms with Crippen molar-refractivity contribution in [2.24, 2.45) is 0 Å². The lowest BCUT2D eigenvalue weighted by Gasteiger charge is -2.18. The Kier molecular flexibility index (Phi) is 8.53. The van der Waals surface area contributed by atoms with Gasteiger partial charge in [-0.25, -0.2) is 0 Å². The Balaban J connectivity index is 2.03. The number of carbonyl (C=O) groups excluding carboxylic acids is 2. The summed E-state index contributed by atoms with van der Waals surface area (Å²) in [7, 11) is 3.80. The van der Waals surface area contributed by atoms with Crippen LogP contribution in [0.2, 0.25) is 0 Å². The van der Waals surface area contributed by atoms with Crippen molar-refractivity contribution in [3.63, 3.8) is 0 Å². The van der Waals surface area contributed by atoms with E-state index in [-0.39, 0.29) is 11.8 Å². The zero-order chi connectivity index (χ0) is 20.4. The first-order valence-corrected chi connectivity index (χ1v) is 9.94. The zero-order valence-electron chi connectivity index (χ0n) is 17.1. The molecule has 0 saturated carbocycles. The quantitative estimate of drug-likeness (QED) is 0.605. The normalized spacial score (nSPS) is 10.4. The van der Waals surface area contributed by atoms with Crippen molar-refractivity contribution in [3.8, 4) is 0 Å². The van der Waals surface area contributed by atoms with Gasteiger partial charge in [-0.1, -0.05) is 50.1 Å². The van der Waals surface area contributed by atoms with Gasteiger partial charge in [0.15, 0.2) is 0 Å². The largest absolute Gasteiger partial charge is 0.377 e. The number of nitrogens with zero attached hydrogens (tertiary/aromatic N) is 1. The van der Waals surface area contributed by atoms with Crippen LogP contribution in [0.3, 0.4) is 0 Å². The maximum Gasteiger partial charge on any atom is 0.253 e. The van der Waals surface area contributed by atoms with Crippen molar-refractivity contribution in [2.75, 3.05) is 30.9 Å². The fraction of sp³-hybridized carbons (Fsp3) is 0.391. The zero-order valence-corrected chi connectivity index (χ0v) is 17.1. The summed E-state index contributed by atoms with van der Waals surface area (Å²) < 4.78 is 0. The van der Waals surface area contributed by atoms with Gasteiger partial charge in [0.1, 0.15) is 0 Å². The first kappa shape index (κ1) is 21.5. The van der Waals surface area contributed by atoms with Crippen LogP contribution < -0.4 is 15.5 Å². The molecular formula is C23H31N3O2. The molecule has 0 atom stereocenters. The highest BCUT2D eigenvalue weighted by atomic mass is 16.2. The molecule has 2 aromatic carbocycles. The highest BCUT2D eigenvalue weighted by Crippen LogP contribution is 2.23. The SMILES string of the molecule is CCCCCC(=O)Nc1ccc(N(C)C)c(C(=O)NCCc2ccccc2)c1. The number of hydrogen-bond acceptors (Lipinski definition) is 3. The molecule has 0 bridgehead atoms.